The topological polar surface area (TPSA) is 54.7 Å². The molecule has 1 aliphatic heterocycles. The molecule has 128 valence electrons. The summed E-state index contributed by atoms with van der Waals surface area (Å²) in [7, 11) is 1.64. The van der Waals surface area contributed by atoms with Crippen LogP contribution in [0.15, 0.2) is 46.9 Å². The molecule has 0 saturated carbocycles. The van der Waals surface area contributed by atoms with Gasteiger partial charge in [-0.2, -0.15) is 0 Å². The van der Waals surface area contributed by atoms with Crippen molar-refractivity contribution in [2.75, 3.05) is 20.2 Å². The maximum atomic E-state index is 12.5. The lowest BCUT2D eigenvalue weighted by Gasteiger charge is -2.23. The normalized spacial score (nSPS) is 17.2. The molecule has 2 heterocycles. The molecule has 1 fully saturated rings. The Kier molecular flexibility index (Phi) is 5.54. The predicted octanol–water partition coefficient (Wildman–Crippen LogP) is 3.52. The van der Waals surface area contributed by atoms with E-state index in [0.717, 1.165) is 37.3 Å². The van der Waals surface area contributed by atoms with E-state index < -0.39 is 0 Å². The quantitative estimate of drug-likeness (QED) is 0.883. The van der Waals surface area contributed by atoms with Crippen LogP contribution in [0.3, 0.4) is 0 Å². The highest BCUT2D eigenvalue weighted by molar-refractivity contribution is 5.75. The number of nitrogens with one attached hydrogen (secondary N) is 1. The standard InChI is InChI=1S/C19H24N2O3/c1-23-14-16-9-10-18(24-16)17-8-5-13-21(17)19(22)20-12-11-15-6-3-2-4-7-15/h2-4,6-7,9-10,17H,5,8,11-14H2,1H3,(H,20,22)/t17-/m0/s1. The first kappa shape index (κ1) is 16.6. The molecule has 5 heteroatoms. The molecule has 2 aromatic rings. The summed E-state index contributed by atoms with van der Waals surface area (Å²) < 4.78 is 10.9. The fourth-order valence-corrected chi connectivity index (χ4v) is 3.16. The lowest BCUT2D eigenvalue weighted by molar-refractivity contribution is 0.156. The molecule has 0 aliphatic carbocycles. The zero-order chi connectivity index (χ0) is 16.8. The third-order valence-electron chi connectivity index (χ3n) is 4.34. The Labute approximate surface area is 142 Å². The summed E-state index contributed by atoms with van der Waals surface area (Å²) in [6, 6.07) is 14.1. The molecule has 1 saturated heterocycles. The van der Waals surface area contributed by atoms with E-state index in [1.807, 2.05) is 35.2 Å². The Hall–Kier alpha value is -2.27. The summed E-state index contributed by atoms with van der Waals surface area (Å²) in [5.74, 6) is 1.64. The SMILES string of the molecule is COCc1ccc([C@@H]2CCCN2C(=O)NCCc2ccccc2)o1. The molecule has 0 radical (unpaired) electrons. The van der Waals surface area contributed by atoms with Crippen molar-refractivity contribution in [3.8, 4) is 0 Å². The van der Waals surface area contributed by atoms with Crippen LogP contribution >= 0.6 is 0 Å². The van der Waals surface area contributed by atoms with Crippen molar-refractivity contribution >= 4 is 6.03 Å². The van der Waals surface area contributed by atoms with Crippen LogP contribution in [-0.4, -0.2) is 31.1 Å². The van der Waals surface area contributed by atoms with E-state index in [1.54, 1.807) is 7.11 Å². The second-order valence-electron chi connectivity index (χ2n) is 6.06. The number of methoxy groups -OCH3 is 1. The van der Waals surface area contributed by atoms with Crippen LogP contribution in [-0.2, 0) is 17.8 Å². The van der Waals surface area contributed by atoms with Crippen LogP contribution in [0.5, 0.6) is 0 Å². The number of carbonyl (C=O) groups is 1. The van der Waals surface area contributed by atoms with Crippen molar-refractivity contribution < 1.29 is 13.9 Å². The minimum atomic E-state index is -0.0156. The number of urea groups is 1. The fourth-order valence-electron chi connectivity index (χ4n) is 3.16. The van der Waals surface area contributed by atoms with E-state index in [0.29, 0.717) is 13.2 Å². The zero-order valence-corrected chi connectivity index (χ0v) is 14.0. The van der Waals surface area contributed by atoms with Gasteiger partial charge in [0.2, 0.25) is 0 Å². The van der Waals surface area contributed by atoms with Gasteiger partial charge in [-0.15, -0.1) is 0 Å². The Morgan fingerprint density at radius 2 is 2.12 bits per heavy atom. The number of carbonyl (C=O) groups excluding carboxylic acids is 1. The van der Waals surface area contributed by atoms with Gasteiger partial charge in [-0.1, -0.05) is 30.3 Å². The maximum absolute atomic E-state index is 12.5. The molecule has 3 rings (SSSR count). The number of hydrogen-bond donors (Lipinski definition) is 1. The lowest BCUT2D eigenvalue weighted by Crippen LogP contribution is -2.40. The minimum Gasteiger partial charge on any atom is -0.461 e. The minimum absolute atomic E-state index is 0.0156. The number of ether oxygens (including phenoxy) is 1. The van der Waals surface area contributed by atoms with Gasteiger partial charge >= 0.3 is 6.03 Å². The van der Waals surface area contributed by atoms with E-state index in [1.165, 1.54) is 5.56 Å². The first-order valence-corrected chi connectivity index (χ1v) is 8.44. The van der Waals surface area contributed by atoms with Crippen molar-refractivity contribution in [3.05, 3.63) is 59.5 Å². The fraction of sp³-hybridized carbons (Fsp3) is 0.421. The first-order chi connectivity index (χ1) is 11.8. The molecule has 1 aromatic carbocycles. The van der Waals surface area contributed by atoms with E-state index in [4.69, 9.17) is 9.15 Å². The molecular weight excluding hydrogens is 304 g/mol. The molecule has 1 atom stereocenters. The number of amides is 2. The molecule has 5 nitrogen and oxygen atoms in total. The zero-order valence-electron chi connectivity index (χ0n) is 14.0. The van der Waals surface area contributed by atoms with Gasteiger partial charge in [0, 0.05) is 20.2 Å². The molecule has 24 heavy (non-hydrogen) atoms. The third-order valence-corrected chi connectivity index (χ3v) is 4.34. The summed E-state index contributed by atoms with van der Waals surface area (Å²) in [6.07, 6.45) is 2.77. The number of rotatable bonds is 6. The molecule has 0 bridgehead atoms. The second-order valence-corrected chi connectivity index (χ2v) is 6.06. The van der Waals surface area contributed by atoms with Gasteiger partial charge in [0.05, 0.1) is 6.04 Å². The van der Waals surface area contributed by atoms with Crippen LogP contribution in [0.4, 0.5) is 4.79 Å². The van der Waals surface area contributed by atoms with Crippen molar-refractivity contribution in [1.82, 2.24) is 10.2 Å². The monoisotopic (exact) mass is 328 g/mol. The average Bonchev–Trinajstić information content (AvgIpc) is 3.25. The second kappa shape index (κ2) is 8.02. The molecule has 1 aromatic heterocycles. The van der Waals surface area contributed by atoms with Gasteiger partial charge in [-0.3, -0.25) is 0 Å². The molecule has 2 amide bonds. The van der Waals surface area contributed by atoms with Gasteiger partial charge in [0.1, 0.15) is 18.1 Å². The molecule has 0 spiro atoms. The van der Waals surface area contributed by atoms with Crippen molar-refractivity contribution in [3.63, 3.8) is 0 Å². The number of nitrogens with zero attached hydrogens (tertiary/aromatic N) is 1. The Bertz CT molecular complexity index is 654. The van der Waals surface area contributed by atoms with Crippen LogP contribution < -0.4 is 5.32 Å². The summed E-state index contributed by atoms with van der Waals surface area (Å²) in [4.78, 5) is 14.4. The van der Waals surface area contributed by atoms with Gasteiger partial charge in [0.15, 0.2) is 0 Å². The van der Waals surface area contributed by atoms with Crippen molar-refractivity contribution in [2.45, 2.75) is 31.9 Å². The predicted molar refractivity (Wildman–Crippen MR) is 91.6 cm³/mol. The highest BCUT2D eigenvalue weighted by Crippen LogP contribution is 2.33. The summed E-state index contributed by atoms with van der Waals surface area (Å²) >= 11 is 0. The first-order valence-electron chi connectivity index (χ1n) is 8.44. The largest absolute Gasteiger partial charge is 0.461 e. The number of hydrogen-bond acceptors (Lipinski definition) is 3. The smallest absolute Gasteiger partial charge is 0.318 e. The van der Waals surface area contributed by atoms with Crippen molar-refractivity contribution in [1.29, 1.82) is 0 Å². The number of likely N-dealkylation sites (tertiary alicyclic amines) is 1. The van der Waals surface area contributed by atoms with Gasteiger partial charge in [-0.25, -0.2) is 4.79 Å². The van der Waals surface area contributed by atoms with Crippen LogP contribution in [0, 0.1) is 0 Å². The highest BCUT2D eigenvalue weighted by atomic mass is 16.5. The van der Waals surface area contributed by atoms with Gasteiger partial charge < -0.3 is 19.4 Å². The van der Waals surface area contributed by atoms with E-state index in [-0.39, 0.29) is 12.1 Å². The van der Waals surface area contributed by atoms with Crippen LogP contribution in [0.25, 0.3) is 0 Å². The number of furan rings is 1. The lowest BCUT2D eigenvalue weighted by atomic mass is 10.1. The Balaban J connectivity index is 1.55. The van der Waals surface area contributed by atoms with E-state index in [9.17, 15) is 4.79 Å². The third kappa shape index (κ3) is 3.97. The molecule has 1 aliphatic rings. The molecule has 0 unspecified atom stereocenters. The van der Waals surface area contributed by atoms with Gasteiger partial charge in [0.25, 0.3) is 0 Å². The van der Waals surface area contributed by atoms with Crippen molar-refractivity contribution in [2.24, 2.45) is 0 Å². The summed E-state index contributed by atoms with van der Waals surface area (Å²) in [6.45, 7) is 1.86. The average molecular weight is 328 g/mol. The van der Waals surface area contributed by atoms with Crippen LogP contribution in [0.1, 0.15) is 36.0 Å². The Morgan fingerprint density at radius 3 is 2.92 bits per heavy atom. The molecule has 1 N–H and O–H groups in total. The van der Waals surface area contributed by atoms with E-state index >= 15 is 0 Å². The summed E-state index contributed by atoms with van der Waals surface area (Å²) in [5.41, 5.74) is 1.23. The van der Waals surface area contributed by atoms with E-state index in [2.05, 4.69) is 17.4 Å². The highest BCUT2D eigenvalue weighted by Gasteiger charge is 2.32. The molecular formula is C19H24N2O3. The van der Waals surface area contributed by atoms with Gasteiger partial charge in [-0.05, 0) is 37.0 Å². The Morgan fingerprint density at radius 1 is 1.29 bits per heavy atom. The maximum Gasteiger partial charge on any atom is 0.318 e. The summed E-state index contributed by atoms with van der Waals surface area (Å²) in [5, 5.41) is 3.03. The van der Waals surface area contributed by atoms with Crippen LogP contribution in [0.2, 0.25) is 0 Å². The number of benzene rings is 1.